The molecule has 0 heterocycles. The molecule has 0 spiro atoms. The zero-order chi connectivity index (χ0) is 7.98. The zero-order valence-electron chi connectivity index (χ0n) is 6.79. The Kier molecular flexibility index (Phi) is 10.1. The molecule has 0 rings (SSSR count). The van der Waals surface area contributed by atoms with Crippen molar-refractivity contribution in [2.45, 2.75) is 13.0 Å². The number of carbonyl (C=O) groups excluding carboxylic acids is 1. The standard InChI is InChI=1S/C6H14N2OS.ClH/c1-3-10-4-5(7)6(9)8-2;/h5H,3-4,7H2,1-2H3,(H,8,9);1H/t5-;/m0./s1. The van der Waals surface area contributed by atoms with Crippen LogP contribution >= 0.6 is 24.2 Å². The van der Waals surface area contributed by atoms with Crippen LogP contribution in [0.2, 0.25) is 0 Å². The summed E-state index contributed by atoms with van der Waals surface area (Å²) in [4.78, 5) is 10.8. The summed E-state index contributed by atoms with van der Waals surface area (Å²) in [5.41, 5.74) is 5.48. The molecule has 0 saturated carbocycles. The predicted molar refractivity (Wildman–Crippen MR) is 52.3 cm³/mol. The van der Waals surface area contributed by atoms with Crippen molar-refractivity contribution < 1.29 is 4.79 Å². The van der Waals surface area contributed by atoms with Crippen molar-refractivity contribution in [3.8, 4) is 0 Å². The summed E-state index contributed by atoms with van der Waals surface area (Å²) in [5.74, 6) is 1.63. The van der Waals surface area contributed by atoms with Gasteiger partial charge >= 0.3 is 0 Å². The lowest BCUT2D eigenvalue weighted by molar-refractivity contribution is -0.121. The summed E-state index contributed by atoms with van der Waals surface area (Å²) in [6, 6.07) is -0.352. The lowest BCUT2D eigenvalue weighted by Gasteiger charge is -2.07. The summed E-state index contributed by atoms with van der Waals surface area (Å²) in [7, 11) is 1.60. The first kappa shape index (κ1) is 13.6. The molecule has 0 aromatic heterocycles. The van der Waals surface area contributed by atoms with Gasteiger partial charge in [-0.1, -0.05) is 6.92 Å². The van der Waals surface area contributed by atoms with E-state index in [1.54, 1.807) is 18.8 Å². The molecule has 0 aliphatic heterocycles. The summed E-state index contributed by atoms with van der Waals surface area (Å²) >= 11 is 1.67. The van der Waals surface area contributed by atoms with E-state index in [0.717, 1.165) is 5.75 Å². The molecule has 3 nitrogen and oxygen atoms in total. The van der Waals surface area contributed by atoms with Gasteiger partial charge in [0.25, 0.3) is 0 Å². The second-order valence-corrected chi connectivity index (χ2v) is 3.20. The minimum absolute atomic E-state index is 0. The summed E-state index contributed by atoms with van der Waals surface area (Å²) in [5, 5.41) is 2.50. The van der Waals surface area contributed by atoms with Crippen molar-refractivity contribution in [1.29, 1.82) is 0 Å². The largest absolute Gasteiger partial charge is 0.358 e. The molecule has 5 heteroatoms. The van der Waals surface area contributed by atoms with Crippen molar-refractivity contribution in [2.24, 2.45) is 5.73 Å². The van der Waals surface area contributed by atoms with E-state index in [-0.39, 0.29) is 24.4 Å². The Labute approximate surface area is 77.9 Å². The SMILES string of the molecule is CCSC[C@H](N)C(=O)NC.Cl. The van der Waals surface area contributed by atoms with Crippen LogP contribution in [-0.4, -0.2) is 30.5 Å². The van der Waals surface area contributed by atoms with E-state index in [9.17, 15) is 4.79 Å². The Hall–Kier alpha value is 0.0700. The molecule has 0 unspecified atom stereocenters. The van der Waals surface area contributed by atoms with Crippen LogP contribution in [0.15, 0.2) is 0 Å². The number of carbonyl (C=O) groups is 1. The van der Waals surface area contributed by atoms with Crippen LogP contribution in [0.4, 0.5) is 0 Å². The topological polar surface area (TPSA) is 55.1 Å². The average Bonchev–Trinajstić information content (AvgIpc) is 1.98. The normalized spacial score (nSPS) is 11.5. The van der Waals surface area contributed by atoms with Crippen molar-refractivity contribution in [1.82, 2.24) is 5.32 Å². The third kappa shape index (κ3) is 6.47. The van der Waals surface area contributed by atoms with Crippen LogP contribution in [0.1, 0.15) is 6.92 Å². The number of likely N-dealkylation sites (N-methyl/N-ethyl adjacent to an activating group) is 1. The molecule has 0 aliphatic carbocycles. The summed E-state index contributed by atoms with van der Waals surface area (Å²) < 4.78 is 0. The Morgan fingerprint density at radius 3 is 2.64 bits per heavy atom. The molecule has 1 atom stereocenters. The van der Waals surface area contributed by atoms with Gasteiger partial charge in [-0.3, -0.25) is 4.79 Å². The minimum Gasteiger partial charge on any atom is -0.358 e. The first-order valence-corrected chi connectivity index (χ1v) is 4.42. The number of amides is 1. The number of thioether (sulfide) groups is 1. The summed E-state index contributed by atoms with van der Waals surface area (Å²) in [6.45, 7) is 2.04. The van der Waals surface area contributed by atoms with E-state index in [2.05, 4.69) is 5.32 Å². The van der Waals surface area contributed by atoms with Gasteiger partial charge in [-0.25, -0.2) is 0 Å². The molecule has 0 radical (unpaired) electrons. The van der Waals surface area contributed by atoms with Gasteiger partial charge in [-0.05, 0) is 5.75 Å². The fraction of sp³-hybridized carbons (Fsp3) is 0.833. The molecule has 68 valence electrons. The Morgan fingerprint density at radius 1 is 1.73 bits per heavy atom. The lowest BCUT2D eigenvalue weighted by Crippen LogP contribution is -2.40. The van der Waals surface area contributed by atoms with Crippen LogP contribution in [-0.2, 0) is 4.79 Å². The first-order chi connectivity index (χ1) is 4.72. The zero-order valence-corrected chi connectivity index (χ0v) is 8.43. The van der Waals surface area contributed by atoms with E-state index in [4.69, 9.17) is 5.73 Å². The van der Waals surface area contributed by atoms with Crippen LogP contribution in [0.3, 0.4) is 0 Å². The molecule has 1 amide bonds. The Morgan fingerprint density at radius 2 is 2.27 bits per heavy atom. The van der Waals surface area contributed by atoms with E-state index < -0.39 is 0 Å². The van der Waals surface area contributed by atoms with Gasteiger partial charge < -0.3 is 11.1 Å². The van der Waals surface area contributed by atoms with Crippen LogP contribution in [0.25, 0.3) is 0 Å². The van der Waals surface area contributed by atoms with Gasteiger partial charge in [0.2, 0.25) is 5.91 Å². The van der Waals surface area contributed by atoms with Crippen LogP contribution in [0.5, 0.6) is 0 Å². The smallest absolute Gasteiger partial charge is 0.237 e. The number of nitrogens with two attached hydrogens (primary N) is 1. The third-order valence-corrected chi connectivity index (χ3v) is 2.09. The van der Waals surface area contributed by atoms with E-state index in [1.807, 2.05) is 6.92 Å². The molecule has 11 heavy (non-hydrogen) atoms. The van der Waals surface area contributed by atoms with Crippen molar-refractivity contribution in [2.75, 3.05) is 18.6 Å². The van der Waals surface area contributed by atoms with Crippen molar-refractivity contribution in [3.63, 3.8) is 0 Å². The Balaban J connectivity index is 0. The van der Waals surface area contributed by atoms with Gasteiger partial charge in [0.1, 0.15) is 0 Å². The quantitative estimate of drug-likeness (QED) is 0.681. The second kappa shape index (κ2) is 8.17. The number of rotatable bonds is 4. The van der Waals surface area contributed by atoms with E-state index in [0.29, 0.717) is 5.75 Å². The van der Waals surface area contributed by atoms with E-state index in [1.165, 1.54) is 0 Å². The lowest BCUT2D eigenvalue weighted by atomic mass is 10.3. The average molecular weight is 199 g/mol. The Bertz CT molecular complexity index is 113. The highest BCUT2D eigenvalue weighted by molar-refractivity contribution is 7.99. The van der Waals surface area contributed by atoms with Crippen molar-refractivity contribution in [3.05, 3.63) is 0 Å². The predicted octanol–water partition coefficient (Wildman–Crippen LogP) is 0.235. The number of hydrogen-bond donors (Lipinski definition) is 2. The molecule has 0 fully saturated rings. The van der Waals surface area contributed by atoms with Crippen molar-refractivity contribution >= 4 is 30.1 Å². The fourth-order valence-corrected chi connectivity index (χ4v) is 1.15. The minimum atomic E-state index is -0.352. The molecule has 0 aromatic carbocycles. The summed E-state index contributed by atoms with van der Waals surface area (Å²) in [6.07, 6.45) is 0. The third-order valence-electron chi connectivity index (χ3n) is 1.08. The highest BCUT2D eigenvalue weighted by Gasteiger charge is 2.09. The molecule has 0 aromatic rings. The molecule has 0 aliphatic rings. The molecular weight excluding hydrogens is 184 g/mol. The molecule has 0 saturated heterocycles. The monoisotopic (exact) mass is 198 g/mol. The maximum absolute atomic E-state index is 10.8. The maximum atomic E-state index is 10.8. The highest BCUT2D eigenvalue weighted by Crippen LogP contribution is 1.99. The van der Waals surface area contributed by atoms with Gasteiger partial charge in [-0.2, -0.15) is 11.8 Å². The van der Waals surface area contributed by atoms with Gasteiger partial charge in [0.05, 0.1) is 6.04 Å². The van der Waals surface area contributed by atoms with E-state index >= 15 is 0 Å². The molecule has 3 N–H and O–H groups in total. The first-order valence-electron chi connectivity index (χ1n) is 3.27. The number of halogens is 1. The van der Waals surface area contributed by atoms with Gasteiger partial charge in [-0.15, -0.1) is 12.4 Å². The van der Waals surface area contributed by atoms with Gasteiger partial charge in [0, 0.05) is 12.8 Å². The second-order valence-electron chi connectivity index (χ2n) is 1.88. The number of hydrogen-bond acceptors (Lipinski definition) is 3. The van der Waals surface area contributed by atoms with Crippen LogP contribution < -0.4 is 11.1 Å². The van der Waals surface area contributed by atoms with Gasteiger partial charge in [0.15, 0.2) is 0 Å². The fourth-order valence-electron chi connectivity index (χ4n) is 0.506. The van der Waals surface area contributed by atoms with Crippen LogP contribution in [0, 0.1) is 0 Å². The number of nitrogens with one attached hydrogen (secondary N) is 1. The maximum Gasteiger partial charge on any atom is 0.237 e. The highest BCUT2D eigenvalue weighted by atomic mass is 35.5. The molecular formula is C6H15ClN2OS. The molecule has 0 bridgehead atoms.